The second kappa shape index (κ2) is 8.98. The van der Waals surface area contributed by atoms with Crippen LogP contribution in [0.25, 0.3) is 6.08 Å². The predicted octanol–water partition coefficient (Wildman–Crippen LogP) is -7.18. The van der Waals surface area contributed by atoms with E-state index >= 15 is 0 Å². The second-order valence-corrected chi connectivity index (χ2v) is 2.57. The van der Waals surface area contributed by atoms with Crippen molar-refractivity contribution >= 4 is 18.0 Å². The smallest absolute Gasteiger partial charge is 0.545 e. The number of carboxylic acids is 2. The zero-order valence-corrected chi connectivity index (χ0v) is 13.1. The van der Waals surface area contributed by atoms with Crippen molar-refractivity contribution in [2.75, 3.05) is 0 Å². The number of hydrogen-bond acceptors (Lipinski definition) is 4. The molecule has 1 aromatic rings. The molecular weight excluding hydrogens is 230 g/mol. The topological polar surface area (TPSA) is 80.3 Å². The quantitative estimate of drug-likeness (QED) is 0.386. The van der Waals surface area contributed by atoms with Crippen LogP contribution in [0.3, 0.4) is 0 Å². The summed E-state index contributed by atoms with van der Waals surface area (Å²) >= 11 is 0. The molecule has 0 amide bonds. The molecule has 0 aromatic heterocycles. The van der Waals surface area contributed by atoms with E-state index in [0.717, 1.165) is 6.08 Å². The summed E-state index contributed by atoms with van der Waals surface area (Å²) in [4.78, 5) is 20.5. The summed E-state index contributed by atoms with van der Waals surface area (Å²) < 4.78 is 0. The average molecular weight is 236 g/mol. The summed E-state index contributed by atoms with van der Waals surface area (Å²) in [6.07, 6.45) is 2.08. The molecule has 0 heterocycles. The molecule has 1 aromatic carbocycles. The first-order valence-electron chi connectivity index (χ1n) is 3.80. The van der Waals surface area contributed by atoms with Crippen LogP contribution in [0.2, 0.25) is 0 Å². The van der Waals surface area contributed by atoms with Gasteiger partial charge in [-0.3, -0.25) is 0 Å². The van der Waals surface area contributed by atoms with Crippen LogP contribution in [-0.4, -0.2) is 11.9 Å². The van der Waals surface area contributed by atoms with Gasteiger partial charge < -0.3 is 19.8 Å². The van der Waals surface area contributed by atoms with Crippen molar-refractivity contribution < 1.29 is 78.9 Å². The minimum absolute atomic E-state index is 0. The van der Waals surface area contributed by atoms with Crippen LogP contribution in [0.4, 0.5) is 0 Å². The van der Waals surface area contributed by atoms with Crippen LogP contribution >= 0.6 is 0 Å². The molecule has 0 spiro atoms. The maximum atomic E-state index is 10.4. The summed E-state index contributed by atoms with van der Waals surface area (Å²) in [6, 6.07) is 5.76. The minimum Gasteiger partial charge on any atom is -0.545 e. The molecule has 0 bridgehead atoms. The molecule has 72 valence electrons. The summed E-state index contributed by atoms with van der Waals surface area (Å²) in [7, 11) is 0. The molecule has 16 heavy (non-hydrogen) atoms. The molecule has 0 saturated carbocycles. The van der Waals surface area contributed by atoms with Gasteiger partial charge in [0.05, 0.1) is 11.9 Å². The molecule has 0 unspecified atom stereocenters. The SMILES string of the molecule is O=C([O-])/C=C/c1cccc(C(=O)[O-])c1.[Na+].[Na+]. The molecule has 0 fully saturated rings. The fraction of sp³-hybridized carbons (Fsp3) is 0. The van der Waals surface area contributed by atoms with Crippen molar-refractivity contribution in [2.45, 2.75) is 0 Å². The number of hydrogen-bond donors (Lipinski definition) is 0. The average Bonchev–Trinajstić information content (AvgIpc) is 2.15. The fourth-order valence-electron chi connectivity index (χ4n) is 0.934. The number of benzene rings is 1. The molecule has 0 saturated heterocycles. The molecule has 0 atom stereocenters. The molecule has 0 N–H and O–H groups in total. The van der Waals surface area contributed by atoms with Crippen LogP contribution in [0.15, 0.2) is 30.3 Å². The fourth-order valence-corrected chi connectivity index (χ4v) is 0.934. The molecule has 0 radical (unpaired) electrons. The van der Waals surface area contributed by atoms with Crippen molar-refractivity contribution in [2.24, 2.45) is 0 Å². The predicted molar refractivity (Wildman–Crippen MR) is 44.8 cm³/mol. The Labute approximate surface area is 137 Å². The van der Waals surface area contributed by atoms with Gasteiger partial charge in [-0.15, -0.1) is 0 Å². The largest absolute Gasteiger partial charge is 1.00 e. The Morgan fingerprint density at radius 2 is 1.75 bits per heavy atom. The number of rotatable bonds is 3. The second-order valence-electron chi connectivity index (χ2n) is 2.57. The number of carbonyl (C=O) groups excluding carboxylic acids is 2. The Bertz CT molecular complexity index is 402. The van der Waals surface area contributed by atoms with E-state index in [1.165, 1.54) is 24.3 Å². The van der Waals surface area contributed by atoms with Gasteiger partial charge in [0.25, 0.3) is 0 Å². The summed E-state index contributed by atoms with van der Waals surface area (Å²) in [5.74, 6) is -2.63. The minimum atomic E-state index is -1.33. The molecule has 4 nitrogen and oxygen atoms in total. The van der Waals surface area contributed by atoms with Gasteiger partial charge in [0.15, 0.2) is 0 Å². The van der Waals surface area contributed by atoms with Crippen molar-refractivity contribution in [1.82, 2.24) is 0 Å². The Morgan fingerprint density at radius 3 is 2.25 bits per heavy atom. The third-order valence-electron chi connectivity index (χ3n) is 1.53. The van der Waals surface area contributed by atoms with E-state index in [2.05, 4.69) is 0 Å². The Morgan fingerprint density at radius 1 is 1.12 bits per heavy atom. The van der Waals surface area contributed by atoms with E-state index < -0.39 is 11.9 Å². The molecule has 0 aliphatic rings. The first-order chi connectivity index (χ1) is 6.59. The van der Waals surface area contributed by atoms with Gasteiger partial charge in [-0.05, 0) is 23.3 Å². The molecule has 1 rings (SSSR count). The Hall–Kier alpha value is -0.1000. The van der Waals surface area contributed by atoms with Crippen LogP contribution in [-0.2, 0) is 4.79 Å². The van der Waals surface area contributed by atoms with E-state index in [4.69, 9.17) is 0 Å². The normalized spacial score (nSPS) is 9.00. The van der Waals surface area contributed by atoms with Gasteiger partial charge in [0, 0.05) is 0 Å². The van der Waals surface area contributed by atoms with Crippen molar-refractivity contribution in [1.29, 1.82) is 0 Å². The van der Waals surface area contributed by atoms with Crippen LogP contribution in [0.1, 0.15) is 15.9 Å². The van der Waals surface area contributed by atoms with E-state index in [0.29, 0.717) is 5.56 Å². The summed E-state index contributed by atoms with van der Waals surface area (Å²) in [5, 5.41) is 20.5. The molecular formula is C10H6Na2O4. The van der Waals surface area contributed by atoms with E-state index in [9.17, 15) is 19.8 Å². The standard InChI is InChI=1S/C10H8O4.2Na/c11-9(12)5-4-7-2-1-3-8(6-7)10(13)14;;/h1-6H,(H,11,12)(H,13,14);;/q;2*+1/p-2/b5-4+;;. The summed E-state index contributed by atoms with van der Waals surface area (Å²) in [5.41, 5.74) is 0.474. The van der Waals surface area contributed by atoms with Crippen molar-refractivity contribution in [3.05, 3.63) is 41.5 Å². The maximum absolute atomic E-state index is 10.4. The first-order valence-corrected chi connectivity index (χ1v) is 3.80. The summed E-state index contributed by atoms with van der Waals surface area (Å²) in [6.45, 7) is 0. The van der Waals surface area contributed by atoms with Crippen molar-refractivity contribution in [3.8, 4) is 0 Å². The van der Waals surface area contributed by atoms with Gasteiger partial charge in [-0.25, -0.2) is 0 Å². The number of carboxylic acid groups (broad SMARTS) is 2. The zero-order valence-electron chi connectivity index (χ0n) is 9.10. The molecule has 0 aliphatic heterocycles. The number of carbonyl (C=O) groups is 2. The zero-order chi connectivity index (χ0) is 10.6. The van der Waals surface area contributed by atoms with Gasteiger partial charge in [-0.1, -0.05) is 24.3 Å². The molecule has 6 heteroatoms. The third-order valence-corrected chi connectivity index (χ3v) is 1.53. The van der Waals surface area contributed by atoms with Crippen LogP contribution < -0.4 is 69.3 Å². The van der Waals surface area contributed by atoms with Gasteiger partial charge >= 0.3 is 59.1 Å². The monoisotopic (exact) mass is 236 g/mol. The van der Waals surface area contributed by atoms with E-state index in [1.807, 2.05) is 0 Å². The third kappa shape index (κ3) is 6.48. The Balaban J connectivity index is 0. The van der Waals surface area contributed by atoms with E-state index in [1.54, 1.807) is 6.07 Å². The number of aromatic carboxylic acids is 1. The molecule has 0 aliphatic carbocycles. The van der Waals surface area contributed by atoms with Gasteiger partial charge in [0.2, 0.25) is 0 Å². The first kappa shape index (κ1) is 18.3. The Kier molecular flexibility index (Phi) is 10.3. The number of aliphatic carboxylic acids is 1. The van der Waals surface area contributed by atoms with Crippen LogP contribution in [0, 0.1) is 0 Å². The van der Waals surface area contributed by atoms with Crippen LogP contribution in [0.5, 0.6) is 0 Å². The van der Waals surface area contributed by atoms with Gasteiger partial charge in [0.1, 0.15) is 0 Å². The van der Waals surface area contributed by atoms with Gasteiger partial charge in [-0.2, -0.15) is 0 Å². The maximum Gasteiger partial charge on any atom is 1.00 e. The van der Waals surface area contributed by atoms with E-state index in [-0.39, 0.29) is 64.7 Å². The van der Waals surface area contributed by atoms with Crippen molar-refractivity contribution in [3.63, 3.8) is 0 Å².